The Hall–Kier alpha value is -2.42. The molecule has 3 heteroatoms. The number of hydrogen-bond donors (Lipinski definition) is 0. The summed E-state index contributed by atoms with van der Waals surface area (Å²) < 4.78 is 0. The van der Waals surface area contributed by atoms with E-state index in [0.717, 1.165) is 5.56 Å². The topological polar surface area (TPSA) is 37.4 Å². The standard InChI is InChI=1S/C18H17NO2/c1-18(2,3)14-10-6-7-11-15(14)19-16(20)12-8-4-5-9-13(12)17(19)21/h4-11H,1-3H3. The fourth-order valence-corrected chi connectivity index (χ4v) is 2.71. The molecule has 0 aliphatic carbocycles. The number of benzene rings is 2. The summed E-state index contributed by atoms with van der Waals surface area (Å²) in [5.41, 5.74) is 2.47. The molecule has 0 spiro atoms. The van der Waals surface area contributed by atoms with Crippen LogP contribution in [-0.2, 0) is 5.41 Å². The van der Waals surface area contributed by atoms with Crippen LogP contribution in [0.25, 0.3) is 0 Å². The van der Waals surface area contributed by atoms with Crippen molar-refractivity contribution in [1.29, 1.82) is 0 Å². The Morgan fingerprint density at radius 3 is 1.76 bits per heavy atom. The summed E-state index contributed by atoms with van der Waals surface area (Å²) in [4.78, 5) is 26.5. The Morgan fingerprint density at radius 2 is 1.24 bits per heavy atom. The third-order valence-electron chi connectivity index (χ3n) is 3.75. The van der Waals surface area contributed by atoms with Crippen molar-refractivity contribution in [2.24, 2.45) is 0 Å². The molecule has 1 aliphatic rings. The van der Waals surface area contributed by atoms with Crippen LogP contribution in [-0.4, -0.2) is 11.8 Å². The van der Waals surface area contributed by atoms with Gasteiger partial charge in [-0.15, -0.1) is 0 Å². The summed E-state index contributed by atoms with van der Waals surface area (Å²) in [6.07, 6.45) is 0. The Balaban J connectivity index is 2.17. The smallest absolute Gasteiger partial charge is 0.266 e. The Bertz CT molecular complexity index is 706. The zero-order chi connectivity index (χ0) is 15.2. The second-order valence-electron chi connectivity index (χ2n) is 6.26. The molecule has 0 unspecified atom stereocenters. The van der Waals surface area contributed by atoms with Crippen LogP contribution in [0.1, 0.15) is 47.1 Å². The highest BCUT2D eigenvalue weighted by atomic mass is 16.2. The fraction of sp³-hybridized carbons (Fsp3) is 0.222. The van der Waals surface area contributed by atoms with Crippen molar-refractivity contribution in [3.63, 3.8) is 0 Å². The van der Waals surface area contributed by atoms with Gasteiger partial charge < -0.3 is 0 Å². The van der Waals surface area contributed by atoms with Gasteiger partial charge in [0.15, 0.2) is 0 Å². The van der Waals surface area contributed by atoms with Crippen LogP contribution >= 0.6 is 0 Å². The van der Waals surface area contributed by atoms with Crippen LogP contribution in [0.2, 0.25) is 0 Å². The van der Waals surface area contributed by atoms with Crippen LogP contribution < -0.4 is 4.90 Å². The van der Waals surface area contributed by atoms with Crippen molar-refractivity contribution in [2.45, 2.75) is 26.2 Å². The maximum Gasteiger partial charge on any atom is 0.266 e. The molecule has 2 aromatic rings. The normalized spacial score (nSPS) is 14.5. The molecule has 3 rings (SSSR count). The molecule has 106 valence electrons. The number of rotatable bonds is 1. The van der Waals surface area contributed by atoms with Gasteiger partial charge in [-0.2, -0.15) is 0 Å². The highest BCUT2D eigenvalue weighted by molar-refractivity contribution is 6.34. The first-order valence-electron chi connectivity index (χ1n) is 6.98. The third-order valence-corrected chi connectivity index (χ3v) is 3.75. The van der Waals surface area contributed by atoms with Crippen LogP contribution in [0.3, 0.4) is 0 Å². The van der Waals surface area contributed by atoms with Gasteiger partial charge in [0.05, 0.1) is 16.8 Å². The molecule has 0 saturated carbocycles. The van der Waals surface area contributed by atoms with Crippen LogP contribution in [0.4, 0.5) is 5.69 Å². The molecule has 0 saturated heterocycles. The SMILES string of the molecule is CC(C)(C)c1ccccc1N1C(=O)c2ccccc2C1=O. The highest BCUT2D eigenvalue weighted by Gasteiger charge is 2.38. The van der Waals surface area contributed by atoms with Gasteiger partial charge in [0, 0.05) is 0 Å². The highest BCUT2D eigenvalue weighted by Crippen LogP contribution is 2.36. The van der Waals surface area contributed by atoms with E-state index in [-0.39, 0.29) is 17.2 Å². The average molecular weight is 279 g/mol. The summed E-state index contributed by atoms with van der Waals surface area (Å²) in [5.74, 6) is -0.486. The van der Waals surface area contributed by atoms with Crippen LogP contribution in [0, 0.1) is 0 Å². The largest absolute Gasteiger partial charge is 0.268 e. The molecular weight excluding hydrogens is 262 g/mol. The summed E-state index contributed by atoms with van der Waals surface area (Å²) in [5, 5.41) is 0. The van der Waals surface area contributed by atoms with Crippen LogP contribution in [0.5, 0.6) is 0 Å². The predicted octanol–water partition coefficient (Wildman–Crippen LogP) is 3.78. The third kappa shape index (κ3) is 2.05. The van der Waals surface area contributed by atoms with E-state index in [1.165, 1.54) is 4.90 Å². The van der Waals surface area contributed by atoms with Gasteiger partial charge in [-0.25, -0.2) is 4.90 Å². The molecule has 3 nitrogen and oxygen atoms in total. The lowest BCUT2D eigenvalue weighted by Crippen LogP contribution is -2.32. The molecule has 2 aromatic carbocycles. The number of hydrogen-bond acceptors (Lipinski definition) is 2. The molecule has 0 fully saturated rings. The van der Waals surface area contributed by atoms with Crippen molar-refractivity contribution >= 4 is 17.5 Å². The van der Waals surface area contributed by atoms with Crippen molar-refractivity contribution in [3.05, 3.63) is 65.2 Å². The molecule has 2 amide bonds. The van der Waals surface area contributed by atoms with Crippen molar-refractivity contribution < 1.29 is 9.59 Å². The van der Waals surface area contributed by atoms with Gasteiger partial charge in [-0.3, -0.25) is 9.59 Å². The van der Waals surface area contributed by atoms with Gasteiger partial charge in [-0.05, 0) is 29.2 Å². The number of para-hydroxylation sites is 1. The molecule has 0 bridgehead atoms. The summed E-state index contributed by atoms with van der Waals surface area (Å²) in [6.45, 7) is 6.22. The quantitative estimate of drug-likeness (QED) is 0.745. The second-order valence-corrected chi connectivity index (χ2v) is 6.26. The minimum absolute atomic E-state index is 0.147. The van der Waals surface area contributed by atoms with Crippen molar-refractivity contribution in [3.8, 4) is 0 Å². The number of carbonyl (C=O) groups excluding carboxylic acids is 2. The number of nitrogens with zero attached hydrogens (tertiary/aromatic N) is 1. The maximum atomic E-state index is 12.6. The van der Waals surface area contributed by atoms with E-state index >= 15 is 0 Å². The molecular formula is C18H17NO2. The number of anilines is 1. The summed E-state index contributed by atoms with van der Waals surface area (Å²) in [7, 11) is 0. The second kappa shape index (κ2) is 4.55. The van der Waals surface area contributed by atoms with Gasteiger partial charge in [0.1, 0.15) is 0 Å². The summed E-state index contributed by atoms with van der Waals surface area (Å²) in [6, 6.07) is 14.6. The van der Waals surface area contributed by atoms with E-state index in [0.29, 0.717) is 16.8 Å². The Labute approximate surface area is 124 Å². The van der Waals surface area contributed by atoms with E-state index in [9.17, 15) is 9.59 Å². The Kier molecular flexibility index (Phi) is 2.94. The lowest BCUT2D eigenvalue weighted by atomic mass is 9.85. The minimum atomic E-state index is -0.243. The molecule has 21 heavy (non-hydrogen) atoms. The van der Waals surface area contributed by atoms with E-state index in [1.807, 2.05) is 24.3 Å². The first kappa shape index (κ1) is 13.6. The number of carbonyl (C=O) groups is 2. The number of amides is 2. The van der Waals surface area contributed by atoms with Gasteiger partial charge in [0.2, 0.25) is 0 Å². The summed E-state index contributed by atoms with van der Waals surface area (Å²) >= 11 is 0. The zero-order valence-electron chi connectivity index (χ0n) is 12.4. The number of fused-ring (bicyclic) bond motifs is 1. The first-order chi connectivity index (χ1) is 9.91. The van der Waals surface area contributed by atoms with E-state index < -0.39 is 0 Å². The maximum absolute atomic E-state index is 12.6. The van der Waals surface area contributed by atoms with Gasteiger partial charge in [0.25, 0.3) is 11.8 Å². The molecule has 0 N–H and O–H groups in total. The molecule has 0 aromatic heterocycles. The molecule has 1 aliphatic heterocycles. The minimum Gasteiger partial charge on any atom is -0.268 e. The predicted molar refractivity (Wildman–Crippen MR) is 82.7 cm³/mol. The monoisotopic (exact) mass is 279 g/mol. The van der Waals surface area contributed by atoms with Crippen molar-refractivity contribution in [1.82, 2.24) is 0 Å². The molecule has 0 radical (unpaired) electrons. The van der Waals surface area contributed by atoms with E-state index in [2.05, 4.69) is 20.8 Å². The van der Waals surface area contributed by atoms with Crippen molar-refractivity contribution in [2.75, 3.05) is 4.90 Å². The van der Waals surface area contributed by atoms with E-state index in [4.69, 9.17) is 0 Å². The molecule has 0 atom stereocenters. The Morgan fingerprint density at radius 1 is 0.762 bits per heavy atom. The fourth-order valence-electron chi connectivity index (χ4n) is 2.71. The zero-order valence-corrected chi connectivity index (χ0v) is 12.4. The van der Waals surface area contributed by atoms with E-state index in [1.54, 1.807) is 24.3 Å². The van der Waals surface area contributed by atoms with Crippen LogP contribution in [0.15, 0.2) is 48.5 Å². The first-order valence-corrected chi connectivity index (χ1v) is 6.98. The lowest BCUT2D eigenvalue weighted by molar-refractivity contribution is 0.0925. The average Bonchev–Trinajstić information content (AvgIpc) is 2.71. The number of imide groups is 1. The van der Waals surface area contributed by atoms with Gasteiger partial charge in [-0.1, -0.05) is 51.1 Å². The molecule has 1 heterocycles. The lowest BCUT2D eigenvalue weighted by Gasteiger charge is -2.26. The van der Waals surface area contributed by atoms with Gasteiger partial charge >= 0.3 is 0 Å².